The van der Waals surface area contributed by atoms with Crippen LogP contribution in [-0.4, -0.2) is 30.4 Å². The van der Waals surface area contributed by atoms with E-state index in [1.54, 1.807) is 0 Å². The zero-order valence-electron chi connectivity index (χ0n) is 7.12. The molecule has 2 heterocycles. The van der Waals surface area contributed by atoms with Crippen molar-refractivity contribution in [2.24, 2.45) is 0 Å². The number of hydrogen-bond donors (Lipinski definition) is 1. The number of H-pyrrole nitrogens is 1. The fourth-order valence-electron chi connectivity index (χ4n) is 1.37. The Kier molecular flexibility index (Phi) is 1.35. The van der Waals surface area contributed by atoms with E-state index in [1.165, 1.54) is 11.1 Å². The van der Waals surface area contributed by atoms with Crippen molar-refractivity contribution < 1.29 is 0 Å². The molecule has 0 saturated heterocycles. The summed E-state index contributed by atoms with van der Waals surface area (Å²) in [6, 6.07) is 7.79. The minimum absolute atomic E-state index is 0.665. The summed E-state index contributed by atoms with van der Waals surface area (Å²) < 4.78 is 0. The molecule has 0 amide bonds. The Labute approximate surface area is 78.6 Å². The molecular formula is C8H6N6. The summed E-state index contributed by atoms with van der Waals surface area (Å²) in [7, 11) is 0. The van der Waals surface area contributed by atoms with Crippen molar-refractivity contribution in [2.45, 2.75) is 0 Å². The first-order chi connectivity index (χ1) is 6.95. The molecule has 3 rings (SSSR count). The third-order valence-electron chi connectivity index (χ3n) is 1.99. The normalized spacial score (nSPS) is 10.9. The third-order valence-corrected chi connectivity index (χ3v) is 1.99. The minimum Gasteiger partial charge on any atom is -0.276 e. The molecule has 0 spiro atoms. The van der Waals surface area contributed by atoms with Gasteiger partial charge in [-0.25, -0.2) is 0 Å². The van der Waals surface area contributed by atoms with Crippen molar-refractivity contribution in [1.82, 2.24) is 30.4 Å². The molecule has 14 heavy (non-hydrogen) atoms. The standard InChI is InChI=1S/C8H6N6/c1-2-4-7-6(3-1)8(12-11-7)14-10-5-9-13-14/h1-5H,(H,11,12). The summed E-state index contributed by atoms with van der Waals surface area (Å²) in [5, 5.41) is 19.3. The summed E-state index contributed by atoms with van der Waals surface area (Å²) in [5.41, 5.74) is 0.958. The largest absolute Gasteiger partial charge is 0.276 e. The molecule has 6 heteroatoms. The van der Waals surface area contributed by atoms with Gasteiger partial charge in [-0.05, 0) is 17.3 Å². The highest BCUT2D eigenvalue weighted by molar-refractivity contribution is 5.85. The fraction of sp³-hybridized carbons (Fsp3) is 0. The van der Waals surface area contributed by atoms with Crippen molar-refractivity contribution in [3.63, 3.8) is 0 Å². The van der Waals surface area contributed by atoms with Gasteiger partial charge in [-0.2, -0.15) is 5.10 Å². The van der Waals surface area contributed by atoms with Gasteiger partial charge in [0.05, 0.1) is 5.52 Å². The topological polar surface area (TPSA) is 72.3 Å². The Balaban J connectivity index is 2.33. The van der Waals surface area contributed by atoms with E-state index in [2.05, 4.69) is 25.6 Å². The first-order valence-electron chi connectivity index (χ1n) is 4.11. The lowest BCUT2D eigenvalue weighted by Crippen LogP contribution is -1.99. The Morgan fingerprint density at radius 2 is 2.14 bits per heavy atom. The number of aromatic amines is 1. The second kappa shape index (κ2) is 2.63. The van der Waals surface area contributed by atoms with Gasteiger partial charge in [0.25, 0.3) is 0 Å². The molecule has 0 saturated carbocycles. The van der Waals surface area contributed by atoms with E-state index in [9.17, 15) is 0 Å². The lowest BCUT2D eigenvalue weighted by Gasteiger charge is -1.91. The van der Waals surface area contributed by atoms with Crippen LogP contribution in [0.3, 0.4) is 0 Å². The van der Waals surface area contributed by atoms with Gasteiger partial charge in [0.15, 0.2) is 6.33 Å². The zero-order valence-corrected chi connectivity index (χ0v) is 7.12. The highest BCUT2D eigenvalue weighted by Crippen LogP contribution is 2.16. The molecule has 0 unspecified atom stereocenters. The van der Waals surface area contributed by atoms with E-state index < -0.39 is 0 Å². The maximum atomic E-state index is 4.11. The number of para-hydroxylation sites is 1. The number of aromatic nitrogens is 6. The molecular weight excluding hydrogens is 180 g/mol. The van der Waals surface area contributed by atoms with Gasteiger partial charge < -0.3 is 0 Å². The fourth-order valence-corrected chi connectivity index (χ4v) is 1.37. The summed E-state index contributed by atoms with van der Waals surface area (Å²) in [6.07, 6.45) is 1.38. The summed E-state index contributed by atoms with van der Waals surface area (Å²) in [6.45, 7) is 0. The monoisotopic (exact) mass is 186 g/mol. The number of benzene rings is 1. The Morgan fingerprint density at radius 3 is 3.00 bits per heavy atom. The molecule has 0 aliphatic heterocycles. The Bertz CT molecular complexity index is 552. The predicted octanol–water partition coefficient (Wildman–Crippen LogP) is 0.539. The van der Waals surface area contributed by atoms with E-state index in [0.717, 1.165) is 10.9 Å². The van der Waals surface area contributed by atoms with Crippen molar-refractivity contribution in [3.8, 4) is 5.82 Å². The van der Waals surface area contributed by atoms with Crippen molar-refractivity contribution in [3.05, 3.63) is 30.6 Å². The van der Waals surface area contributed by atoms with Gasteiger partial charge >= 0.3 is 0 Å². The van der Waals surface area contributed by atoms with Crippen LogP contribution in [0.1, 0.15) is 0 Å². The molecule has 2 aromatic heterocycles. The van der Waals surface area contributed by atoms with Crippen LogP contribution in [0, 0.1) is 0 Å². The molecule has 0 aliphatic carbocycles. The molecule has 0 fully saturated rings. The summed E-state index contributed by atoms with van der Waals surface area (Å²) in [5.74, 6) is 0.665. The molecule has 0 radical (unpaired) electrons. The van der Waals surface area contributed by atoms with Crippen molar-refractivity contribution in [1.29, 1.82) is 0 Å². The SMILES string of the molecule is c1ccc2c(-n3ncnn3)n[nH]c2c1. The smallest absolute Gasteiger partial charge is 0.205 e. The molecule has 1 aromatic carbocycles. The van der Waals surface area contributed by atoms with Crippen LogP contribution in [0.15, 0.2) is 30.6 Å². The number of fused-ring (bicyclic) bond motifs is 1. The van der Waals surface area contributed by atoms with Gasteiger partial charge in [0.1, 0.15) is 0 Å². The van der Waals surface area contributed by atoms with Crippen LogP contribution in [0.2, 0.25) is 0 Å². The molecule has 0 atom stereocenters. The minimum atomic E-state index is 0.665. The summed E-state index contributed by atoms with van der Waals surface area (Å²) >= 11 is 0. The Hall–Kier alpha value is -2.24. The van der Waals surface area contributed by atoms with E-state index in [0.29, 0.717) is 5.82 Å². The van der Waals surface area contributed by atoms with Crippen LogP contribution < -0.4 is 0 Å². The molecule has 6 nitrogen and oxygen atoms in total. The third kappa shape index (κ3) is 0.905. The van der Waals surface area contributed by atoms with E-state index >= 15 is 0 Å². The first-order valence-corrected chi connectivity index (χ1v) is 4.11. The van der Waals surface area contributed by atoms with Crippen molar-refractivity contribution in [2.75, 3.05) is 0 Å². The highest BCUT2D eigenvalue weighted by atomic mass is 15.6. The van der Waals surface area contributed by atoms with Crippen molar-refractivity contribution >= 4 is 10.9 Å². The maximum absolute atomic E-state index is 4.11. The average Bonchev–Trinajstić information content (AvgIpc) is 2.85. The van der Waals surface area contributed by atoms with E-state index in [4.69, 9.17) is 0 Å². The van der Waals surface area contributed by atoms with Gasteiger partial charge in [-0.3, -0.25) is 5.10 Å². The number of rotatable bonds is 1. The van der Waals surface area contributed by atoms with E-state index in [-0.39, 0.29) is 0 Å². The molecule has 0 aliphatic rings. The molecule has 0 bridgehead atoms. The molecule has 68 valence electrons. The van der Waals surface area contributed by atoms with Crippen LogP contribution in [0.4, 0.5) is 0 Å². The lowest BCUT2D eigenvalue weighted by atomic mass is 10.2. The quantitative estimate of drug-likeness (QED) is 0.602. The maximum Gasteiger partial charge on any atom is 0.205 e. The first kappa shape index (κ1) is 7.19. The second-order valence-corrected chi connectivity index (χ2v) is 2.82. The predicted molar refractivity (Wildman–Crippen MR) is 48.8 cm³/mol. The van der Waals surface area contributed by atoms with Gasteiger partial charge in [0.2, 0.25) is 5.82 Å². The van der Waals surface area contributed by atoms with Crippen LogP contribution in [0.5, 0.6) is 0 Å². The summed E-state index contributed by atoms with van der Waals surface area (Å²) in [4.78, 5) is 1.39. The zero-order chi connectivity index (χ0) is 9.38. The van der Waals surface area contributed by atoms with Crippen LogP contribution >= 0.6 is 0 Å². The highest BCUT2D eigenvalue weighted by Gasteiger charge is 2.07. The number of nitrogens with zero attached hydrogens (tertiary/aromatic N) is 5. The Morgan fingerprint density at radius 1 is 1.21 bits per heavy atom. The van der Waals surface area contributed by atoms with Gasteiger partial charge in [-0.1, -0.05) is 12.1 Å². The number of tetrazole rings is 1. The van der Waals surface area contributed by atoms with Gasteiger partial charge in [0, 0.05) is 5.39 Å². The van der Waals surface area contributed by atoms with Crippen LogP contribution in [0.25, 0.3) is 16.7 Å². The lowest BCUT2D eigenvalue weighted by molar-refractivity contribution is 0.701. The van der Waals surface area contributed by atoms with E-state index in [1.807, 2.05) is 24.3 Å². The second-order valence-electron chi connectivity index (χ2n) is 2.82. The number of nitrogens with one attached hydrogen (secondary N) is 1. The van der Waals surface area contributed by atoms with Gasteiger partial charge in [-0.15, -0.1) is 15.0 Å². The average molecular weight is 186 g/mol. The van der Waals surface area contributed by atoms with Crippen LogP contribution in [-0.2, 0) is 0 Å². The molecule has 1 N–H and O–H groups in total. The molecule has 3 aromatic rings. The number of hydrogen-bond acceptors (Lipinski definition) is 4.